The van der Waals surface area contributed by atoms with Gasteiger partial charge in [-0.3, -0.25) is 9.05 Å². The molecule has 0 radical (unpaired) electrons. The molecule has 0 fully saturated rings. The van der Waals surface area contributed by atoms with Crippen molar-refractivity contribution in [1.82, 2.24) is 10.5 Å². The quantitative estimate of drug-likeness (QED) is 0.255. The van der Waals surface area contributed by atoms with Crippen LogP contribution in [-0.4, -0.2) is 10.5 Å². The Morgan fingerprint density at radius 2 is 1.03 bits per heavy atom. The van der Waals surface area contributed by atoms with Gasteiger partial charge in [0.15, 0.2) is 13.1 Å². The number of nitrogens with zero attached hydrogens (tertiary/aromatic N) is 4. The monoisotopic (exact) mass is 462 g/mol. The van der Waals surface area contributed by atoms with Gasteiger partial charge < -0.3 is 36.3 Å². The Morgan fingerprint density at radius 3 is 1.42 bits per heavy atom. The minimum atomic E-state index is 0. The number of hydrogen-bond donors (Lipinski definition) is 2. The van der Waals surface area contributed by atoms with Gasteiger partial charge in [0, 0.05) is 12.8 Å². The van der Waals surface area contributed by atoms with Crippen molar-refractivity contribution in [2.75, 3.05) is 11.5 Å². The molecule has 10 heteroatoms. The molecule has 0 saturated heterocycles. The molecular weight excluding hydrogens is 439 g/mol. The molecule has 31 heavy (non-hydrogen) atoms. The van der Waals surface area contributed by atoms with Crippen molar-refractivity contribution >= 4 is 11.8 Å². The summed E-state index contributed by atoms with van der Waals surface area (Å²) in [6, 6.07) is 20.4. The fourth-order valence-electron chi connectivity index (χ4n) is 3.27. The lowest BCUT2D eigenvalue weighted by Crippen LogP contribution is -3.00. The molecule has 0 aliphatic carbocycles. The van der Waals surface area contributed by atoms with Crippen molar-refractivity contribution in [1.29, 1.82) is 0 Å². The molecule has 4 aromatic rings. The van der Waals surface area contributed by atoms with Gasteiger partial charge in [-0.25, -0.2) is 0 Å². The summed E-state index contributed by atoms with van der Waals surface area (Å²) in [4.78, 5) is 0. The average Bonchev–Trinajstić information content (AvgIpc) is 3.29. The van der Waals surface area contributed by atoms with Crippen LogP contribution in [0, 0.1) is 0 Å². The Kier molecular flexibility index (Phi) is 8.84. The Hall–Kier alpha value is -3.10. The fourth-order valence-corrected chi connectivity index (χ4v) is 3.27. The standard InChI is InChI=1S/C21H24N6O2.2ClH/c22-20-18(26(24-28-20)13-11-16-7-3-1-4-8-16)15-19-21(23)29-25-27(19)14-12-17-9-5-2-6-10-17;;/h1-10H,11-15,22-23H2;2*1H/q+2;;/p-2. The largest absolute Gasteiger partial charge is 1.00 e. The smallest absolute Gasteiger partial charge is 0.297 e. The van der Waals surface area contributed by atoms with E-state index < -0.39 is 0 Å². The fraction of sp³-hybridized carbons (Fsp3) is 0.238. The summed E-state index contributed by atoms with van der Waals surface area (Å²) in [5.74, 6) is 0.543. The van der Waals surface area contributed by atoms with Gasteiger partial charge in [0.05, 0.1) is 0 Å². The van der Waals surface area contributed by atoms with Crippen LogP contribution in [0.5, 0.6) is 0 Å². The van der Waals surface area contributed by atoms with Crippen molar-refractivity contribution in [3.05, 3.63) is 83.2 Å². The second kappa shape index (κ2) is 11.3. The second-order valence-corrected chi connectivity index (χ2v) is 6.86. The van der Waals surface area contributed by atoms with Gasteiger partial charge in [-0.1, -0.05) is 60.7 Å². The number of aryl methyl sites for hydroxylation is 4. The molecule has 2 aromatic heterocycles. The van der Waals surface area contributed by atoms with Gasteiger partial charge in [0.1, 0.15) is 6.42 Å². The van der Waals surface area contributed by atoms with E-state index in [1.807, 2.05) is 36.4 Å². The van der Waals surface area contributed by atoms with Crippen LogP contribution in [-0.2, 0) is 32.4 Å². The van der Waals surface area contributed by atoms with E-state index >= 15 is 0 Å². The van der Waals surface area contributed by atoms with Gasteiger partial charge in [-0.2, -0.15) is 0 Å². The molecule has 0 atom stereocenters. The normalized spacial score (nSPS) is 10.3. The predicted octanol–water partition coefficient (Wildman–Crippen LogP) is -4.51. The third-order valence-corrected chi connectivity index (χ3v) is 4.91. The lowest BCUT2D eigenvalue weighted by Gasteiger charge is -1.98. The number of nitrogens with two attached hydrogens (primary N) is 2. The highest BCUT2D eigenvalue weighted by Gasteiger charge is 2.31. The van der Waals surface area contributed by atoms with E-state index in [0.717, 1.165) is 24.2 Å². The number of aromatic nitrogens is 4. The van der Waals surface area contributed by atoms with Crippen LogP contribution in [0.3, 0.4) is 0 Å². The molecule has 2 heterocycles. The number of hydrogen-bond acceptors (Lipinski definition) is 6. The summed E-state index contributed by atoms with van der Waals surface area (Å²) in [6.07, 6.45) is 2.06. The van der Waals surface area contributed by atoms with E-state index in [1.54, 1.807) is 9.36 Å². The SMILES string of the molecule is Nc1on[n+](CCc2ccccc2)c1Cc1c(N)on[n+]1CCc1ccccc1.[Cl-].[Cl-]. The van der Waals surface area contributed by atoms with Crippen LogP contribution < -0.4 is 45.6 Å². The minimum Gasteiger partial charge on any atom is -1.00 e. The van der Waals surface area contributed by atoms with E-state index in [0.29, 0.717) is 19.5 Å². The molecule has 2 aromatic carbocycles. The first-order chi connectivity index (χ1) is 14.2. The second-order valence-electron chi connectivity index (χ2n) is 6.86. The third-order valence-electron chi connectivity index (χ3n) is 4.91. The summed E-state index contributed by atoms with van der Waals surface area (Å²) < 4.78 is 14.0. The zero-order valence-electron chi connectivity index (χ0n) is 16.8. The van der Waals surface area contributed by atoms with Gasteiger partial charge in [-0.05, 0) is 20.5 Å². The van der Waals surface area contributed by atoms with Crippen molar-refractivity contribution < 1.29 is 43.2 Å². The first-order valence-electron chi connectivity index (χ1n) is 9.57. The highest BCUT2D eigenvalue weighted by Crippen LogP contribution is 2.15. The van der Waals surface area contributed by atoms with Crippen LogP contribution in [0.15, 0.2) is 69.7 Å². The lowest BCUT2D eigenvalue weighted by molar-refractivity contribution is -0.777. The predicted molar refractivity (Wildman–Crippen MR) is 105 cm³/mol. The maximum absolute atomic E-state index is 6.04. The van der Waals surface area contributed by atoms with Crippen molar-refractivity contribution in [3.8, 4) is 0 Å². The highest BCUT2D eigenvalue weighted by molar-refractivity contribution is 5.34. The molecule has 8 nitrogen and oxygen atoms in total. The zero-order chi connectivity index (χ0) is 20.1. The maximum atomic E-state index is 6.04. The first kappa shape index (κ1) is 24.2. The first-order valence-corrected chi connectivity index (χ1v) is 9.57. The summed E-state index contributed by atoms with van der Waals surface area (Å²) in [7, 11) is 0. The average molecular weight is 463 g/mol. The van der Waals surface area contributed by atoms with Crippen LogP contribution in [0.4, 0.5) is 11.8 Å². The summed E-state index contributed by atoms with van der Waals surface area (Å²) in [5.41, 5.74) is 16.0. The molecule has 4 N–H and O–H groups in total. The number of halogens is 2. The molecular formula is C21H24Cl2N6O2. The van der Waals surface area contributed by atoms with Gasteiger partial charge in [0.25, 0.3) is 23.2 Å². The van der Waals surface area contributed by atoms with E-state index in [1.165, 1.54) is 11.1 Å². The maximum Gasteiger partial charge on any atom is 0.297 e. The Bertz CT molecular complexity index is 984. The van der Waals surface area contributed by atoms with Crippen molar-refractivity contribution in [3.63, 3.8) is 0 Å². The molecule has 0 aliphatic heterocycles. The van der Waals surface area contributed by atoms with Crippen LogP contribution in [0.1, 0.15) is 22.5 Å². The van der Waals surface area contributed by atoms with E-state index in [2.05, 4.69) is 34.8 Å². The Balaban J connectivity index is 0.00000171. The Morgan fingerprint density at radius 1 is 0.645 bits per heavy atom. The molecule has 0 bridgehead atoms. The molecule has 0 saturated carbocycles. The van der Waals surface area contributed by atoms with Crippen molar-refractivity contribution in [2.45, 2.75) is 32.4 Å². The number of anilines is 2. The van der Waals surface area contributed by atoms with E-state index in [4.69, 9.17) is 20.5 Å². The molecule has 0 unspecified atom stereocenters. The number of nitrogen functional groups attached to an aromatic ring is 2. The molecule has 4 rings (SSSR count). The Labute approximate surface area is 192 Å². The van der Waals surface area contributed by atoms with Gasteiger partial charge in [0.2, 0.25) is 10.5 Å². The van der Waals surface area contributed by atoms with Gasteiger partial charge >= 0.3 is 0 Å². The molecule has 0 amide bonds. The van der Waals surface area contributed by atoms with Crippen molar-refractivity contribution in [2.24, 2.45) is 0 Å². The number of benzene rings is 2. The topological polar surface area (TPSA) is 112 Å². The lowest BCUT2D eigenvalue weighted by atomic mass is 10.1. The molecule has 0 aliphatic rings. The minimum absolute atomic E-state index is 0. The zero-order valence-corrected chi connectivity index (χ0v) is 18.3. The van der Waals surface area contributed by atoms with Crippen LogP contribution >= 0.6 is 0 Å². The van der Waals surface area contributed by atoms with Crippen LogP contribution in [0.25, 0.3) is 0 Å². The van der Waals surface area contributed by atoms with Crippen LogP contribution in [0.2, 0.25) is 0 Å². The van der Waals surface area contributed by atoms with E-state index in [-0.39, 0.29) is 36.6 Å². The van der Waals surface area contributed by atoms with E-state index in [9.17, 15) is 0 Å². The summed E-state index contributed by atoms with van der Waals surface area (Å²) in [6.45, 7) is 1.30. The summed E-state index contributed by atoms with van der Waals surface area (Å²) in [5, 5.41) is 8.16. The molecule has 0 spiro atoms. The molecule has 164 valence electrons. The number of rotatable bonds is 8. The third kappa shape index (κ3) is 5.96. The summed E-state index contributed by atoms with van der Waals surface area (Å²) >= 11 is 0. The van der Waals surface area contributed by atoms with Gasteiger partial charge in [-0.15, -0.1) is 0 Å². The highest BCUT2D eigenvalue weighted by atomic mass is 35.5.